The molecule has 1 heterocycles. The van der Waals surface area contributed by atoms with Gasteiger partial charge in [0.05, 0.1) is 0 Å². The average molecular weight is 285 g/mol. The maximum atomic E-state index is 12.1. The first-order valence-corrected chi connectivity index (χ1v) is 6.79. The molecular weight excluding hydrogens is 266 g/mol. The Balaban J connectivity index is 2.15. The van der Waals surface area contributed by atoms with Gasteiger partial charge in [0.2, 0.25) is 5.91 Å². The number of anilines is 1. The predicted molar refractivity (Wildman–Crippen MR) is 82.5 cm³/mol. The van der Waals surface area contributed by atoms with Crippen LogP contribution in [0.25, 0.3) is 0 Å². The molecule has 1 aromatic carbocycles. The topological polar surface area (TPSA) is 64.0 Å². The van der Waals surface area contributed by atoms with E-state index in [1.165, 1.54) is 16.2 Å². The lowest BCUT2D eigenvalue weighted by Gasteiger charge is -2.11. The quantitative estimate of drug-likeness (QED) is 0.939. The second kappa shape index (κ2) is 5.91. The molecule has 1 N–H and O–H groups in total. The van der Waals surface area contributed by atoms with E-state index in [9.17, 15) is 9.59 Å². The molecule has 0 spiro atoms. The summed E-state index contributed by atoms with van der Waals surface area (Å²) in [5, 5.41) is 2.80. The lowest BCUT2D eigenvalue weighted by molar-refractivity contribution is -0.116. The van der Waals surface area contributed by atoms with Crippen molar-refractivity contribution in [2.45, 2.75) is 34.2 Å². The number of carbonyl (C=O) groups is 1. The van der Waals surface area contributed by atoms with Crippen molar-refractivity contribution in [3.05, 3.63) is 57.3 Å². The van der Waals surface area contributed by atoms with Crippen LogP contribution in [0.5, 0.6) is 0 Å². The summed E-state index contributed by atoms with van der Waals surface area (Å²) in [4.78, 5) is 28.2. The molecular formula is C16H19N3O2. The fraction of sp³-hybridized carbons (Fsp3) is 0.312. The molecule has 21 heavy (non-hydrogen) atoms. The Kier molecular flexibility index (Phi) is 4.21. The molecule has 0 fully saturated rings. The van der Waals surface area contributed by atoms with E-state index in [1.807, 2.05) is 32.0 Å². The third-order valence-electron chi connectivity index (χ3n) is 3.42. The van der Waals surface area contributed by atoms with Crippen molar-refractivity contribution in [2.75, 3.05) is 5.32 Å². The van der Waals surface area contributed by atoms with Crippen LogP contribution in [0.2, 0.25) is 0 Å². The number of rotatable bonds is 3. The van der Waals surface area contributed by atoms with E-state index in [-0.39, 0.29) is 18.0 Å². The molecule has 0 saturated heterocycles. The Bertz CT molecular complexity index is 748. The lowest BCUT2D eigenvalue weighted by atomic mass is 10.1. The highest BCUT2D eigenvalue weighted by molar-refractivity contribution is 5.90. The van der Waals surface area contributed by atoms with Crippen LogP contribution < -0.4 is 10.9 Å². The van der Waals surface area contributed by atoms with Crippen LogP contribution in [0.4, 0.5) is 5.69 Å². The molecule has 0 saturated carbocycles. The molecule has 5 heteroatoms. The van der Waals surface area contributed by atoms with E-state index in [4.69, 9.17) is 0 Å². The molecule has 0 bridgehead atoms. The van der Waals surface area contributed by atoms with Gasteiger partial charge in [-0.15, -0.1) is 0 Å². The number of aryl methyl sites for hydroxylation is 4. The van der Waals surface area contributed by atoms with Gasteiger partial charge in [-0.25, -0.2) is 4.98 Å². The van der Waals surface area contributed by atoms with Crippen LogP contribution in [0.15, 0.2) is 29.1 Å². The average Bonchev–Trinajstić information content (AvgIpc) is 2.38. The Morgan fingerprint density at radius 3 is 2.48 bits per heavy atom. The summed E-state index contributed by atoms with van der Waals surface area (Å²) in [5.74, 6) is 0.296. The van der Waals surface area contributed by atoms with Gasteiger partial charge in [-0.3, -0.25) is 14.2 Å². The van der Waals surface area contributed by atoms with Crippen molar-refractivity contribution in [2.24, 2.45) is 0 Å². The van der Waals surface area contributed by atoms with Gasteiger partial charge >= 0.3 is 0 Å². The van der Waals surface area contributed by atoms with Gasteiger partial charge in [0.25, 0.3) is 5.56 Å². The van der Waals surface area contributed by atoms with E-state index >= 15 is 0 Å². The van der Waals surface area contributed by atoms with Crippen molar-refractivity contribution in [3.63, 3.8) is 0 Å². The maximum absolute atomic E-state index is 12.1. The summed E-state index contributed by atoms with van der Waals surface area (Å²) in [6, 6.07) is 7.14. The molecule has 1 aromatic heterocycles. The van der Waals surface area contributed by atoms with E-state index in [0.29, 0.717) is 11.5 Å². The largest absolute Gasteiger partial charge is 0.325 e. The molecule has 0 aliphatic rings. The molecule has 1 amide bonds. The zero-order valence-corrected chi connectivity index (χ0v) is 12.7. The van der Waals surface area contributed by atoms with Crippen molar-refractivity contribution in [3.8, 4) is 0 Å². The molecule has 0 unspecified atom stereocenters. The number of hydrogen-bond donors (Lipinski definition) is 1. The molecule has 110 valence electrons. The Morgan fingerprint density at radius 1 is 1.14 bits per heavy atom. The minimum absolute atomic E-state index is 0.0368. The fourth-order valence-electron chi connectivity index (χ4n) is 2.12. The number of benzene rings is 1. The highest BCUT2D eigenvalue weighted by Gasteiger charge is 2.09. The first-order chi connectivity index (χ1) is 9.86. The van der Waals surface area contributed by atoms with Gasteiger partial charge in [0, 0.05) is 17.4 Å². The summed E-state index contributed by atoms with van der Waals surface area (Å²) in [5.41, 5.74) is 3.45. The van der Waals surface area contributed by atoms with Gasteiger partial charge in [0.15, 0.2) is 0 Å². The SMILES string of the molecule is Cc1cc(=O)n(CC(=O)Nc2ccc(C)c(C)c2)c(C)n1. The molecule has 5 nitrogen and oxygen atoms in total. The van der Waals surface area contributed by atoms with Crippen LogP contribution >= 0.6 is 0 Å². The predicted octanol–water partition coefficient (Wildman–Crippen LogP) is 2.12. The Labute approximate surface area is 123 Å². The van der Waals surface area contributed by atoms with Crippen LogP contribution in [0.3, 0.4) is 0 Å². The smallest absolute Gasteiger partial charge is 0.254 e. The number of nitrogens with zero attached hydrogens (tertiary/aromatic N) is 2. The van der Waals surface area contributed by atoms with Crippen molar-refractivity contribution in [1.82, 2.24) is 9.55 Å². The number of hydrogen-bond acceptors (Lipinski definition) is 3. The van der Waals surface area contributed by atoms with Crippen molar-refractivity contribution in [1.29, 1.82) is 0 Å². The van der Waals surface area contributed by atoms with Crippen LogP contribution in [-0.2, 0) is 11.3 Å². The normalized spacial score (nSPS) is 10.5. The van der Waals surface area contributed by atoms with Crippen LogP contribution in [-0.4, -0.2) is 15.5 Å². The highest BCUT2D eigenvalue weighted by atomic mass is 16.2. The second-order valence-corrected chi connectivity index (χ2v) is 5.22. The van der Waals surface area contributed by atoms with Gasteiger partial charge in [-0.2, -0.15) is 0 Å². The third-order valence-corrected chi connectivity index (χ3v) is 3.42. The molecule has 2 aromatic rings. The molecule has 0 aliphatic heterocycles. The van der Waals surface area contributed by atoms with Crippen molar-refractivity contribution < 1.29 is 4.79 Å². The standard InChI is InChI=1S/C16H19N3O2/c1-10-5-6-14(7-11(10)2)18-15(20)9-19-13(4)17-12(3)8-16(19)21/h5-8H,9H2,1-4H3,(H,18,20). The first-order valence-electron chi connectivity index (χ1n) is 6.79. The first kappa shape index (κ1) is 15.0. The number of aromatic nitrogens is 2. The van der Waals surface area contributed by atoms with E-state index < -0.39 is 0 Å². The third kappa shape index (κ3) is 3.56. The molecule has 0 aliphatic carbocycles. The summed E-state index contributed by atoms with van der Waals surface area (Å²) in [6.45, 7) is 7.45. The number of amides is 1. The minimum Gasteiger partial charge on any atom is -0.325 e. The summed E-state index contributed by atoms with van der Waals surface area (Å²) >= 11 is 0. The van der Waals surface area contributed by atoms with Gasteiger partial charge in [0.1, 0.15) is 12.4 Å². The monoisotopic (exact) mass is 285 g/mol. The van der Waals surface area contributed by atoms with Gasteiger partial charge in [-0.05, 0) is 51.0 Å². The van der Waals surface area contributed by atoms with Crippen LogP contribution in [0, 0.1) is 27.7 Å². The molecule has 0 atom stereocenters. The zero-order chi connectivity index (χ0) is 15.6. The van der Waals surface area contributed by atoms with Crippen molar-refractivity contribution >= 4 is 11.6 Å². The van der Waals surface area contributed by atoms with Gasteiger partial charge in [-0.1, -0.05) is 6.07 Å². The summed E-state index contributed by atoms with van der Waals surface area (Å²) in [6.07, 6.45) is 0. The van der Waals surface area contributed by atoms with E-state index in [0.717, 1.165) is 11.3 Å². The maximum Gasteiger partial charge on any atom is 0.254 e. The van der Waals surface area contributed by atoms with E-state index in [2.05, 4.69) is 10.3 Å². The van der Waals surface area contributed by atoms with Crippen LogP contribution in [0.1, 0.15) is 22.6 Å². The number of carbonyl (C=O) groups excluding carboxylic acids is 1. The summed E-state index contributed by atoms with van der Waals surface area (Å²) < 4.78 is 1.36. The minimum atomic E-state index is -0.242. The fourth-order valence-corrected chi connectivity index (χ4v) is 2.12. The number of nitrogens with one attached hydrogen (secondary N) is 1. The summed E-state index contributed by atoms with van der Waals surface area (Å²) in [7, 11) is 0. The second-order valence-electron chi connectivity index (χ2n) is 5.22. The molecule has 2 rings (SSSR count). The molecule has 0 radical (unpaired) electrons. The van der Waals surface area contributed by atoms with E-state index in [1.54, 1.807) is 13.8 Å². The zero-order valence-electron chi connectivity index (χ0n) is 12.7. The van der Waals surface area contributed by atoms with Gasteiger partial charge < -0.3 is 5.32 Å². The lowest BCUT2D eigenvalue weighted by Crippen LogP contribution is -2.30. The Hall–Kier alpha value is -2.43. The Morgan fingerprint density at radius 2 is 1.86 bits per heavy atom. The highest BCUT2D eigenvalue weighted by Crippen LogP contribution is 2.14.